The number of benzene rings is 1. The van der Waals surface area contributed by atoms with Crippen LogP contribution in [0.3, 0.4) is 0 Å². The second kappa shape index (κ2) is 13.5. The highest BCUT2D eigenvalue weighted by Crippen LogP contribution is 2.22. The summed E-state index contributed by atoms with van der Waals surface area (Å²) in [5, 5.41) is 21.0. The summed E-state index contributed by atoms with van der Waals surface area (Å²) in [6.45, 7) is 9.59. The molecule has 28 heavy (non-hydrogen) atoms. The number of nitro benzene ring substituents is 1. The summed E-state index contributed by atoms with van der Waals surface area (Å²) in [4.78, 5) is 17.8. The number of anilines is 1. The SMILES string of the molecule is CCCN1CCC(NC(=NCCNc2ccccc2[N+](=O)[O-])NCC)CC1.I. The molecule has 8 nitrogen and oxygen atoms in total. The average molecular weight is 504 g/mol. The molecule has 1 aliphatic heterocycles. The summed E-state index contributed by atoms with van der Waals surface area (Å²) in [7, 11) is 0. The van der Waals surface area contributed by atoms with Crippen LogP contribution in [-0.2, 0) is 0 Å². The molecule has 1 fully saturated rings. The predicted octanol–water partition coefficient (Wildman–Crippen LogP) is 3.05. The zero-order valence-corrected chi connectivity index (χ0v) is 19.1. The summed E-state index contributed by atoms with van der Waals surface area (Å²) in [5.41, 5.74) is 0.615. The molecule has 1 heterocycles. The lowest BCUT2D eigenvalue weighted by Crippen LogP contribution is -2.48. The minimum absolute atomic E-state index is 0. The van der Waals surface area contributed by atoms with Gasteiger partial charge in [-0.15, -0.1) is 24.0 Å². The first-order chi connectivity index (χ1) is 13.1. The largest absolute Gasteiger partial charge is 0.378 e. The van der Waals surface area contributed by atoms with Crippen molar-refractivity contribution < 1.29 is 4.92 Å². The second-order valence-corrected chi connectivity index (χ2v) is 6.72. The molecule has 158 valence electrons. The Morgan fingerprint density at radius 1 is 1.29 bits per heavy atom. The molecule has 1 aliphatic rings. The van der Waals surface area contributed by atoms with E-state index in [1.807, 2.05) is 6.92 Å². The average Bonchev–Trinajstić information content (AvgIpc) is 2.67. The van der Waals surface area contributed by atoms with Gasteiger partial charge in [-0.25, -0.2) is 0 Å². The van der Waals surface area contributed by atoms with Crippen molar-refractivity contribution in [3.05, 3.63) is 34.4 Å². The van der Waals surface area contributed by atoms with Crippen molar-refractivity contribution in [2.45, 2.75) is 39.2 Å². The fraction of sp³-hybridized carbons (Fsp3) is 0.632. The molecule has 0 radical (unpaired) electrons. The van der Waals surface area contributed by atoms with Crippen molar-refractivity contribution in [3.8, 4) is 0 Å². The van der Waals surface area contributed by atoms with Gasteiger partial charge in [0.05, 0.1) is 11.5 Å². The predicted molar refractivity (Wildman–Crippen MR) is 126 cm³/mol. The van der Waals surface area contributed by atoms with Crippen LogP contribution in [0, 0.1) is 10.1 Å². The minimum atomic E-state index is -0.373. The van der Waals surface area contributed by atoms with E-state index in [0.717, 1.165) is 38.4 Å². The number of piperidine rings is 1. The Kier molecular flexibility index (Phi) is 11.8. The molecule has 1 aromatic rings. The first-order valence-electron chi connectivity index (χ1n) is 9.88. The Labute approximate surface area is 184 Å². The Bertz CT molecular complexity index is 620. The van der Waals surface area contributed by atoms with E-state index in [-0.39, 0.29) is 34.6 Å². The van der Waals surface area contributed by atoms with Crippen molar-refractivity contribution >= 4 is 41.3 Å². The van der Waals surface area contributed by atoms with E-state index in [1.54, 1.807) is 18.2 Å². The van der Waals surface area contributed by atoms with E-state index < -0.39 is 0 Å². The summed E-state index contributed by atoms with van der Waals surface area (Å²) < 4.78 is 0. The number of hydrogen-bond acceptors (Lipinski definition) is 5. The lowest BCUT2D eigenvalue weighted by atomic mass is 10.1. The zero-order chi connectivity index (χ0) is 19.5. The van der Waals surface area contributed by atoms with Crippen LogP contribution in [0.15, 0.2) is 29.3 Å². The summed E-state index contributed by atoms with van der Waals surface area (Å²) in [6.07, 6.45) is 3.45. The molecule has 0 amide bonds. The van der Waals surface area contributed by atoms with E-state index in [2.05, 4.69) is 32.8 Å². The van der Waals surface area contributed by atoms with Crippen molar-refractivity contribution in [1.29, 1.82) is 0 Å². The maximum absolute atomic E-state index is 11.0. The highest BCUT2D eigenvalue weighted by Gasteiger charge is 2.19. The Morgan fingerprint density at radius 2 is 2.00 bits per heavy atom. The molecule has 0 bridgehead atoms. The monoisotopic (exact) mass is 504 g/mol. The Morgan fingerprint density at radius 3 is 2.64 bits per heavy atom. The minimum Gasteiger partial charge on any atom is -0.378 e. The van der Waals surface area contributed by atoms with Crippen LogP contribution in [0.2, 0.25) is 0 Å². The van der Waals surface area contributed by atoms with Crippen LogP contribution < -0.4 is 16.0 Å². The molecule has 0 unspecified atom stereocenters. The number of nitrogens with zero attached hydrogens (tertiary/aromatic N) is 3. The smallest absolute Gasteiger partial charge is 0.292 e. The quantitative estimate of drug-likeness (QED) is 0.120. The summed E-state index contributed by atoms with van der Waals surface area (Å²) >= 11 is 0. The van der Waals surface area contributed by atoms with E-state index in [1.165, 1.54) is 19.0 Å². The number of guanidine groups is 1. The lowest BCUT2D eigenvalue weighted by Gasteiger charge is -2.32. The van der Waals surface area contributed by atoms with Crippen molar-refractivity contribution in [2.75, 3.05) is 44.6 Å². The maximum atomic E-state index is 11.0. The topological polar surface area (TPSA) is 94.8 Å². The highest BCUT2D eigenvalue weighted by atomic mass is 127. The molecule has 0 saturated carbocycles. The van der Waals surface area contributed by atoms with E-state index in [4.69, 9.17) is 0 Å². The number of nitrogens with one attached hydrogen (secondary N) is 3. The van der Waals surface area contributed by atoms with Gasteiger partial charge in [0.15, 0.2) is 5.96 Å². The van der Waals surface area contributed by atoms with Gasteiger partial charge in [-0.2, -0.15) is 0 Å². The number of likely N-dealkylation sites (tertiary alicyclic amines) is 1. The number of hydrogen-bond donors (Lipinski definition) is 3. The first kappa shape index (κ1) is 24.4. The lowest BCUT2D eigenvalue weighted by molar-refractivity contribution is -0.384. The second-order valence-electron chi connectivity index (χ2n) is 6.72. The van der Waals surface area contributed by atoms with Crippen molar-refractivity contribution in [1.82, 2.24) is 15.5 Å². The van der Waals surface area contributed by atoms with Crippen LogP contribution in [0.25, 0.3) is 0 Å². The Hall–Kier alpha value is -1.62. The zero-order valence-electron chi connectivity index (χ0n) is 16.8. The van der Waals surface area contributed by atoms with Gasteiger partial charge in [-0.1, -0.05) is 19.1 Å². The van der Waals surface area contributed by atoms with E-state index >= 15 is 0 Å². The van der Waals surface area contributed by atoms with Gasteiger partial charge < -0.3 is 20.9 Å². The Balaban J connectivity index is 0.00000392. The highest BCUT2D eigenvalue weighted by molar-refractivity contribution is 14.0. The molecule has 3 N–H and O–H groups in total. The summed E-state index contributed by atoms with van der Waals surface area (Å²) in [5.74, 6) is 0.816. The number of nitro groups is 1. The van der Waals surface area contributed by atoms with Gasteiger partial charge in [-0.05, 0) is 38.8 Å². The molecule has 0 spiro atoms. The van der Waals surface area contributed by atoms with Crippen LogP contribution in [-0.4, -0.2) is 61.1 Å². The normalized spacial score (nSPS) is 15.6. The fourth-order valence-electron chi connectivity index (χ4n) is 3.27. The molecule has 0 atom stereocenters. The molecule has 1 saturated heterocycles. The molecule has 0 aromatic heterocycles. The van der Waals surface area contributed by atoms with Gasteiger partial charge in [0.25, 0.3) is 5.69 Å². The fourth-order valence-corrected chi connectivity index (χ4v) is 3.27. The third-order valence-corrected chi connectivity index (χ3v) is 4.61. The molecular formula is C19H33IN6O2. The molecule has 9 heteroatoms. The van der Waals surface area contributed by atoms with E-state index in [9.17, 15) is 10.1 Å². The van der Waals surface area contributed by atoms with Gasteiger partial charge in [0, 0.05) is 38.3 Å². The van der Waals surface area contributed by atoms with Crippen LogP contribution in [0.5, 0.6) is 0 Å². The third-order valence-electron chi connectivity index (χ3n) is 4.61. The van der Waals surface area contributed by atoms with Crippen LogP contribution in [0.4, 0.5) is 11.4 Å². The van der Waals surface area contributed by atoms with Crippen molar-refractivity contribution in [3.63, 3.8) is 0 Å². The summed E-state index contributed by atoms with van der Waals surface area (Å²) in [6, 6.07) is 7.12. The third kappa shape index (κ3) is 8.17. The number of aliphatic imine (C=N–C) groups is 1. The van der Waals surface area contributed by atoms with E-state index in [0.29, 0.717) is 24.8 Å². The number of para-hydroxylation sites is 2. The van der Waals surface area contributed by atoms with Gasteiger partial charge in [0.1, 0.15) is 5.69 Å². The molecule has 0 aliphatic carbocycles. The first-order valence-corrected chi connectivity index (χ1v) is 9.88. The number of halogens is 1. The molecular weight excluding hydrogens is 471 g/mol. The van der Waals surface area contributed by atoms with Crippen LogP contribution >= 0.6 is 24.0 Å². The van der Waals surface area contributed by atoms with Gasteiger partial charge in [-0.3, -0.25) is 15.1 Å². The standard InChI is InChI=1S/C19H32N6O2.HI/c1-3-13-24-14-9-16(10-15-24)23-19(20-4-2)22-12-11-21-17-7-5-6-8-18(17)25(26)27;/h5-8,16,21H,3-4,9-15H2,1-2H3,(H2,20,22,23);1H. The molecule has 2 rings (SSSR count). The van der Waals surface area contributed by atoms with Gasteiger partial charge in [0.2, 0.25) is 0 Å². The molecule has 1 aromatic carbocycles. The van der Waals surface area contributed by atoms with Gasteiger partial charge >= 0.3 is 0 Å². The van der Waals surface area contributed by atoms with Crippen molar-refractivity contribution in [2.24, 2.45) is 4.99 Å². The van der Waals surface area contributed by atoms with Crippen LogP contribution in [0.1, 0.15) is 33.1 Å². The number of rotatable bonds is 9. The maximum Gasteiger partial charge on any atom is 0.292 e.